The first-order valence-corrected chi connectivity index (χ1v) is 14.6. The molecule has 9 nitrogen and oxygen atoms in total. The Hall–Kier alpha value is -1.72. The summed E-state index contributed by atoms with van der Waals surface area (Å²) in [4.78, 5) is 14.4. The first-order valence-electron chi connectivity index (χ1n) is 13.0. The van der Waals surface area contributed by atoms with Crippen LogP contribution in [0.3, 0.4) is 0 Å². The van der Waals surface area contributed by atoms with E-state index in [1.165, 1.54) is 0 Å². The first-order chi connectivity index (χ1) is 17.1. The second kappa shape index (κ2) is 13.7. The van der Waals surface area contributed by atoms with Crippen LogP contribution < -0.4 is 5.32 Å². The van der Waals surface area contributed by atoms with Gasteiger partial charge in [0.05, 0.1) is 32.2 Å². The van der Waals surface area contributed by atoms with Crippen molar-refractivity contribution in [2.24, 2.45) is 0 Å². The van der Waals surface area contributed by atoms with Crippen LogP contribution in [0.25, 0.3) is 0 Å². The van der Waals surface area contributed by atoms with E-state index in [-0.39, 0.29) is 24.5 Å². The molecule has 1 saturated heterocycles. The van der Waals surface area contributed by atoms with Gasteiger partial charge in [-0.05, 0) is 52.0 Å². The van der Waals surface area contributed by atoms with Gasteiger partial charge in [0.15, 0.2) is 0 Å². The molecule has 1 aliphatic heterocycles. The van der Waals surface area contributed by atoms with Crippen molar-refractivity contribution in [2.45, 2.75) is 70.7 Å². The highest BCUT2D eigenvalue weighted by Crippen LogP contribution is 2.25. The van der Waals surface area contributed by atoms with Crippen LogP contribution in [0.1, 0.15) is 52.0 Å². The molecule has 1 N–H and O–H groups in total. The molecular weight excluding hydrogens is 482 g/mol. The molecule has 204 valence electrons. The molecule has 2 fully saturated rings. The van der Waals surface area contributed by atoms with Crippen molar-refractivity contribution in [1.29, 1.82) is 0 Å². The lowest BCUT2D eigenvalue weighted by atomic mass is 9.90. The standard InChI is InChI=1S/C26H43N3O6S/c1-26(2,3)35-25(30)27-23-9-11-24(12-10-23)28-13-15-29(16-14-28)36(31,32)20-19-33-17-18-34-21-22-7-5-4-6-8-22/h4-8,23-24H,9-21H2,1-3H3,(H,27,30). The van der Waals surface area contributed by atoms with Crippen LogP contribution >= 0.6 is 0 Å². The lowest BCUT2D eigenvalue weighted by molar-refractivity contribution is 0.0452. The van der Waals surface area contributed by atoms with Gasteiger partial charge < -0.3 is 19.5 Å². The maximum atomic E-state index is 12.7. The quantitative estimate of drug-likeness (QED) is 0.444. The van der Waals surface area contributed by atoms with E-state index in [0.717, 1.165) is 44.3 Å². The molecule has 0 radical (unpaired) electrons. The zero-order valence-corrected chi connectivity index (χ0v) is 22.8. The minimum Gasteiger partial charge on any atom is -0.444 e. The number of carbonyl (C=O) groups is 1. The smallest absolute Gasteiger partial charge is 0.407 e. The minimum atomic E-state index is -3.33. The van der Waals surface area contributed by atoms with E-state index in [2.05, 4.69) is 10.2 Å². The van der Waals surface area contributed by atoms with Gasteiger partial charge in [-0.2, -0.15) is 4.31 Å². The Kier molecular flexibility index (Phi) is 11.0. The molecule has 1 aromatic carbocycles. The van der Waals surface area contributed by atoms with Crippen LogP contribution in [0.5, 0.6) is 0 Å². The molecule has 1 heterocycles. The number of piperazine rings is 1. The van der Waals surface area contributed by atoms with Crippen LogP contribution in [0, 0.1) is 0 Å². The fraction of sp³-hybridized carbons (Fsp3) is 0.731. The van der Waals surface area contributed by atoms with Gasteiger partial charge in [0, 0.05) is 38.3 Å². The molecular formula is C26H43N3O6S. The molecule has 0 aromatic heterocycles. The van der Waals surface area contributed by atoms with Crippen LogP contribution in [0.4, 0.5) is 4.79 Å². The Balaban J connectivity index is 1.27. The van der Waals surface area contributed by atoms with Gasteiger partial charge in [-0.1, -0.05) is 30.3 Å². The van der Waals surface area contributed by atoms with Crippen LogP contribution in [0.15, 0.2) is 30.3 Å². The summed E-state index contributed by atoms with van der Waals surface area (Å²) >= 11 is 0. The molecule has 0 bridgehead atoms. The molecule has 1 saturated carbocycles. The Morgan fingerprint density at radius 1 is 0.944 bits per heavy atom. The summed E-state index contributed by atoms with van der Waals surface area (Å²) in [5.41, 5.74) is 0.606. The van der Waals surface area contributed by atoms with Crippen molar-refractivity contribution in [2.75, 3.05) is 51.8 Å². The highest BCUT2D eigenvalue weighted by atomic mass is 32.2. The summed E-state index contributed by atoms with van der Waals surface area (Å²) in [6, 6.07) is 10.5. The van der Waals surface area contributed by atoms with Gasteiger partial charge in [-0.3, -0.25) is 4.90 Å². The van der Waals surface area contributed by atoms with Gasteiger partial charge >= 0.3 is 6.09 Å². The van der Waals surface area contributed by atoms with Crippen LogP contribution in [-0.2, 0) is 30.8 Å². The molecule has 0 spiro atoms. The number of benzene rings is 1. The number of alkyl carbamates (subject to hydrolysis) is 1. The Morgan fingerprint density at radius 2 is 1.58 bits per heavy atom. The van der Waals surface area contributed by atoms with Crippen molar-refractivity contribution in [3.63, 3.8) is 0 Å². The fourth-order valence-corrected chi connectivity index (χ4v) is 5.99. The fourth-order valence-electron chi connectivity index (χ4n) is 4.68. The Morgan fingerprint density at radius 3 is 2.22 bits per heavy atom. The van der Waals surface area contributed by atoms with Crippen molar-refractivity contribution >= 4 is 16.1 Å². The monoisotopic (exact) mass is 525 g/mol. The number of rotatable bonds is 11. The number of sulfonamides is 1. The molecule has 0 atom stereocenters. The van der Waals surface area contributed by atoms with E-state index in [9.17, 15) is 13.2 Å². The average molecular weight is 526 g/mol. The third-order valence-corrected chi connectivity index (χ3v) is 8.40. The summed E-state index contributed by atoms with van der Waals surface area (Å²) in [5, 5.41) is 2.98. The zero-order chi connectivity index (χ0) is 26.0. The highest BCUT2D eigenvalue weighted by Gasteiger charge is 2.32. The molecule has 1 aliphatic carbocycles. The van der Waals surface area contributed by atoms with Gasteiger partial charge in [0.2, 0.25) is 10.0 Å². The van der Waals surface area contributed by atoms with Gasteiger partial charge in [0.1, 0.15) is 5.60 Å². The third kappa shape index (κ3) is 9.97. The second-order valence-corrected chi connectivity index (χ2v) is 12.6. The third-order valence-electron chi connectivity index (χ3n) is 6.57. The summed E-state index contributed by atoms with van der Waals surface area (Å²) in [6.45, 7) is 9.59. The van der Waals surface area contributed by atoms with Gasteiger partial charge in [-0.15, -0.1) is 0 Å². The van der Waals surface area contributed by atoms with E-state index in [1.807, 2.05) is 51.1 Å². The minimum absolute atomic E-state index is 0.00682. The summed E-state index contributed by atoms with van der Waals surface area (Å²) < 4.78 is 43.5. The number of hydrogen-bond donors (Lipinski definition) is 1. The number of nitrogens with one attached hydrogen (secondary N) is 1. The summed E-state index contributed by atoms with van der Waals surface area (Å²) in [7, 11) is -3.33. The zero-order valence-electron chi connectivity index (χ0n) is 22.0. The number of amides is 1. The van der Waals surface area contributed by atoms with Crippen LogP contribution in [-0.4, -0.2) is 93.2 Å². The van der Waals surface area contributed by atoms with E-state index < -0.39 is 15.6 Å². The number of ether oxygens (including phenoxy) is 3. The molecule has 0 unspecified atom stereocenters. The van der Waals surface area contributed by atoms with Gasteiger partial charge in [0.25, 0.3) is 0 Å². The molecule has 36 heavy (non-hydrogen) atoms. The predicted octanol–water partition coefficient (Wildman–Crippen LogP) is 3.00. The number of nitrogens with zero attached hydrogens (tertiary/aromatic N) is 2. The summed E-state index contributed by atoms with van der Waals surface area (Å²) in [6.07, 6.45) is 3.46. The van der Waals surface area contributed by atoms with Crippen molar-refractivity contribution in [1.82, 2.24) is 14.5 Å². The second-order valence-electron chi connectivity index (χ2n) is 10.6. The van der Waals surface area contributed by atoms with Gasteiger partial charge in [-0.25, -0.2) is 13.2 Å². The first kappa shape index (κ1) is 28.8. The maximum absolute atomic E-state index is 12.7. The highest BCUT2D eigenvalue weighted by molar-refractivity contribution is 7.89. The molecule has 10 heteroatoms. The van der Waals surface area contributed by atoms with Crippen molar-refractivity contribution in [3.05, 3.63) is 35.9 Å². The van der Waals surface area contributed by atoms with E-state index in [4.69, 9.17) is 14.2 Å². The molecule has 2 aliphatic rings. The largest absolute Gasteiger partial charge is 0.444 e. The lowest BCUT2D eigenvalue weighted by Crippen LogP contribution is -2.54. The predicted molar refractivity (Wildman–Crippen MR) is 139 cm³/mol. The topological polar surface area (TPSA) is 97.4 Å². The average Bonchev–Trinajstić information content (AvgIpc) is 2.83. The summed E-state index contributed by atoms with van der Waals surface area (Å²) in [5.74, 6) is -0.00682. The maximum Gasteiger partial charge on any atom is 0.407 e. The Bertz CT molecular complexity index is 890. The molecule has 1 amide bonds. The van der Waals surface area contributed by atoms with Crippen molar-refractivity contribution in [3.8, 4) is 0 Å². The van der Waals surface area contributed by atoms with E-state index >= 15 is 0 Å². The Labute approximate surface area is 216 Å². The van der Waals surface area contributed by atoms with Crippen molar-refractivity contribution < 1.29 is 27.4 Å². The van der Waals surface area contributed by atoms with Crippen LogP contribution in [0.2, 0.25) is 0 Å². The molecule has 1 aromatic rings. The SMILES string of the molecule is CC(C)(C)OC(=O)NC1CCC(N2CCN(S(=O)(=O)CCOCCOCc3ccccc3)CC2)CC1. The van der Waals surface area contributed by atoms with E-state index in [1.54, 1.807) is 4.31 Å². The number of hydrogen-bond acceptors (Lipinski definition) is 7. The lowest BCUT2D eigenvalue weighted by Gasteiger charge is -2.41. The normalized spacial score (nSPS) is 22.3. The van der Waals surface area contributed by atoms with E-state index in [0.29, 0.717) is 39.0 Å². The number of carbonyl (C=O) groups excluding carboxylic acids is 1. The molecule has 3 rings (SSSR count).